The van der Waals surface area contributed by atoms with Gasteiger partial charge in [0.15, 0.2) is 34.5 Å². The van der Waals surface area contributed by atoms with Gasteiger partial charge in [-0.2, -0.15) is 0 Å². The molecular weight excluding hydrogens is 606 g/mol. The lowest BCUT2D eigenvalue weighted by atomic mass is 10.00. The van der Waals surface area contributed by atoms with Gasteiger partial charge in [0.1, 0.15) is 0 Å². The van der Waals surface area contributed by atoms with Gasteiger partial charge in [-0.1, -0.05) is 18.2 Å². The number of hydrogen-bond donors (Lipinski definition) is 0. The highest BCUT2D eigenvalue weighted by Crippen LogP contribution is 2.47. The summed E-state index contributed by atoms with van der Waals surface area (Å²) in [6.07, 6.45) is 8.07. The second kappa shape index (κ2) is 10.1. The molecular formula is C39H33N3O6. The standard InChI is InChI=1S/C39H33N3O6/c1-4-7-40-28-10-23-26-14-35-38(47-20-44-35)17-32(26)42(9-6-3)30(23)12-24-27-15-36-39(48-21-45-36)18-33(27)41(8-5-2)29(24)11-22(28)25-13-34-37(16-31(25)40)46-19-43-34/h4-6,13-18H,1-3,7-12,19-21H2. The molecule has 6 aromatic rings. The zero-order valence-corrected chi connectivity index (χ0v) is 26.5. The van der Waals surface area contributed by atoms with Crippen molar-refractivity contribution in [3.05, 3.63) is 108 Å². The van der Waals surface area contributed by atoms with E-state index in [0.29, 0.717) is 19.6 Å². The smallest absolute Gasteiger partial charge is 0.231 e. The fraction of sp³-hybridized carbons (Fsp3) is 0.231. The van der Waals surface area contributed by atoms with Gasteiger partial charge < -0.3 is 42.1 Å². The summed E-state index contributed by atoms with van der Waals surface area (Å²) < 4.78 is 42.6. The van der Waals surface area contributed by atoms with E-state index in [0.717, 1.165) is 86.5 Å². The Hall–Kier alpha value is -5.70. The number of nitrogens with zero attached hydrogens (tertiary/aromatic N) is 3. The van der Waals surface area contributed by atoms with Crippen LogP contribution in [0.4, 0.5) is 0 Å². The maximum Gasteiger partial charge on any atom is 0.231 e. The average molecular weight is 640 g/mol. The van der Waals surface area contributed by atoms with Gasteiger partial charge in [0.2, 0.25) is 20.4 Å². The Labute approximate surface area is 276 Å². The lowest BCUT2D eigenvalue weighted by Crippen LogP contribution is -2.07. The molecule has 48 heavy (non-hydrogen) atoms. The van der Waals surface area contributed by atoms with Crippen molar-refractivity contribution >= 4 is 32.7 Å². The molecule has 0 fully saturated rings. The Bertz CT molecular complexity index is 2140. The van der Waals surface area contributed by atoms with E-state index < -0.39 is 0 Å². The highest BCUT2D eigenvalue weighted by molar-refractivity contribution is 5.94. The van der Waals surface area contributed by atoms with Crippen LogP contribution in [-0.4, -0.2) is 34.1 Å². The van der Waals surface area contributed by atoms with E-state index in [-0.39, 0.29) is 20.4 Å². The van der Waals surface area contributed by atoms with Gasteiger partial charge in [-0.25, -0.2) is 0 Å². The molecule has 1 aliphatic carbocycles. The maximum absolute atomic E-state index is 5.92. The topological polar surface area (TPSA) is 70.2 Å². The van der Waals surface area contributed by atoms with Crippen LogP contribution in [0.15, 0.2) is 74.4 Å². The summed E-state index contributed by atoms with van der Waals surface area (Å²) in [6, 6.07) is 12.8. The second-order valence-corrected chi connectivity index (χ2v) is 12.7. The fourth-order valence-corrected chi connectivity index (χ4v) is 8.29. The quantitative estimate of drug-likeness (QED) is 0.177. The van der Waals surface area contributed by atoms with Gasteiger partial charge in [-0.15, -0.1) is 19.7 Å². The predicted octanol–water partition coefficient (Wildman–Crippen LogP) is 7.38. The Morgan fingerprint density at radius 2 is 0.708 bits per heavy atom. The number of hydrogen-bond acceptors (Lipinski definition) is 6. The van der Waals surface area contributed by atoms with Crippen molar-refractivity contribution < 1.29 is 28.4 Å². The summed E-state index contributed by atoms with van der Waals surface area (Å²) in [6.45, 7) is 15.1. The van der Waals surface area contributed by atoms with Crippen molar-refractivity contribution in [2.45, 2.75) is 38.9 Å². The zero-order chi connectivity index (χ0) is 32.1. The maximum atomic E-state index is 5.92. The summed E-state index contributed by atoms with van der Waals surface area (Å²) in [5.74, 6) is 4.62. The molecule has 3 aromatic heterocycles. The molecule has 0 bridgehead atoms. The van der Waals surface area contributed by atoms with Crippen LogP contribution < -0.4 is 28.4 Å². The van der Waals surface area contributed by atoms with Gasteiger partial charge in [0, 0.05) is 90.3 Å². The van der Waals surface area contributed by atoms with Gasteiger partial charge in [0.25, 0.3) is 0 Å². The van der Waals surface area contributed by atoms with Crippen molar-refractivity contribution in [3.8, 4) is 34.5 Å². The molecule has 10 rings (SSSR count). The number of ether oxygens (including phenoxy) is 6. The zero-order valence-electron chi connectivity index (χ0n) is 26.5. The van der Waals surface area contributed by atoms with E-state index in [1.165, 1.54) is 33.8 Å². The van der Waals surface area contributed by atoms with Gasteiger partial charge >= 0.3 is 0 Å². The van der Waals surface area contributed by atoms with Crippen LogP contribution in [0, 0.1) is 0 Å². The Kier molecular flexibility index (Phi) is 5.80. The number of fused-ring (bicyclic) bond motifs is 12. The highest BCUT2D eigenvalue weighted by atomic mass is 16.7. The molecule has 9 heteroatoms. The Morgan fingerprint density at radius 3 is 0.979 bits per heavy atom. The number of allylic oxidation sites excluding steroid dienone is 3. The van der Waals surface area contributed by atoms with Crippen molar-refractivity contribution in [1.29, 1.82) is 0 Å². The van der Waals surface area contributed by atoms with Crippen LogP contribution in [0.2, 0.25) is 0 Å². The Morgan fingerprint density at radius 1 is 0.438 bits per heavy atom. The van der Waals surface area contributed by atoms with Crippen molar-refractivity contribution in [2.24, 2.45) is 0 Å². The summed E-state index contributed by atoms with van der Waals surface area (Å²) >= 11 is 0. The minimum atomic E-state index is 0.223. The van der Waals surface area contributed by atoms with E-state index >= 15 is 0 Å². The second-order valence-electron chi connectivity index (χ2n) is 12.7. The third-order valence-corrected chi connectivity index (χ3v) is 10.3. The Balaban J connectivity index is 1.35. The normalized spacial score (nSPS) is 15.2. The molecule has 0 unspecified atom stereocenters. The highest BCUT2D eigenvalue weighted by Gasteiger charge is 2.32. The molecule has 0 amide bonds. The molecule has 4 aliphatic rings. The molecule has 0 N–H and O–H groups in total. The first-order chi connectivity index (χ1) is 23.6. The SMILES string of the molecule is C=CCn1c2c(c3cc4c(cc31)OCO4)Cc1c(c3cc4c(cc3n1CC=C)OCO4)Cc1c(c3cc4c(cc3n1CC=C)OCO4)C2. The van der Waals surface area contributed by atoms with Crippen LogP contribution in [0.3, 0.4) is 0 Å². The number of benzene rings is 3. The van der Waals surface area contributed by atoms with Crippen molar-refractivity contribution in [2.75, 3.05) is 20.4 Å². The van der Waals surface area contributed by atoms with E-state index in [1.807, 2.05) is 18.2 Å². The lowest BCUT2D eigenvalue weighted by Gasteiger charge is -2.13. The van der Waals surface area contributed by atoms with Crippen molar-refractivity contribution in [1.82, 2.24) is 13.7 Å². The third kappa shape index (κ3) is 3.72. The first-order valence-corrected chi connectivity index (χ1v) is 16.3. The minimum absolute atomic E-state index is 0.223. The van der Waals surface area contributed by atoms with Gasteiger partial charge in [-0.3, -0.25) is 0 Å². The van der Waals surface area contributed by atoms with Crippen LogP contribution in [-0.2, 0) is 38.9 Å². The predicted molar refractivity (Wildman–Crippen MR) is 183 cm³/mol. The van der Waals surface area contributed by atoms with E-state index in [4.69, 9.17) is 28.4 Å². The number of rotatable bonds is 6. The molecule has 0 saturated heterocycles. The molecule has 6 heterocycles. The molecule has 3 aromatic carbocycles. The van der Waals surface area contributed by atoms with E-state index in [1.54, 1.807) is 0 Å². The third-order valence-electron chi connectivity index (χ3n) is 10.3. The largest absolute Gasteiger partial charge is 0.454 e. The number of aromatic nitrogens is 3. The molecule has 3 aliphatic heterocycles. The molecule has 0 atom stereocenters. The summed E-state index contributed by atoms with van der Waals surface area (Å²) in [5.41, 5.74) is 10.8. The molecule has 0 saturated carbocycles. The van der Waals surface area contributed by atoms with Crippen LogP contribution in [0.5, 0.6) is 34.5 Å². The first kappa shape index (κ1) is 27.4. The minimum Gasteiger partial charge on any atom is -0.454 e. The summed E-state index contributed by atoms with van der Waals surface area (Å²) in [7, 11) is 0. The summed E-state index contributed by atoms with van der Waals surface area (Å²) in [4.78, 5) is 0. The molecule has 9 nitrogen and oxygen atoms in total. The molecule has 0 radical (unpaired) electrons. The van der Waals surface area contributed by atoms with Crippen LogP contribution in [0.1, 0.15) is 33.8 Å². The monoisotopic (exact) mass is 639 g/mol. The summed E-state index contributed by atoms with van der Waals surface area (Å²) in [5, 5.41) is 3.47. The van der Waals surface area contributed by atoms with E-state index in [9.17, 15) is 0 Å². The molecule has 0 spiro atoms. The van der Waals surface area contributed by atoms with Crippen LogP contribution >= 0.6 is 0 Å². The van der Waals surface area contributed by atoms with Gasteiger partial charge in [-0.05, 0) is 34.9 Å². The lowest BCUT2D eigenvalue weighted by molar-refractivity contribution is 0.173. The fourth-order valence-electron chi connectivity index (χ4n) is 8.29. The van der Waals surface area contributed by atoms with E-state index in [2.05, 4.69) is 69.8 Å². The first-order valence-electron chi connectivity index (χ1n) is 16.3. The molecule has 240 valence electrons. The van der Waals surface area contributed by atoms with Crippen LogP contribution in [0.25, 0.3) is 32.7 Å². The van der Waals surface area contributed by atoms with Crippen molar-refractivity contribution in [3.63, 3.8) is 0 Å². The average Bonchev–Trinajstić information content (AvgIpc) is 3.94. The van der Waals surface area contributed by atoms with Gasteiger partial charge in [0.05, 0.1) is 16.6 Å².